The minimum absolute atomic E-state index is 0.106. The molecule has 2 amide bonds. The molecule has 0 spiro atoms. The van der Waals surface area contributed by atoms with Gasteiger partial charge in [-0.1, -0.05) is 35.2 Å². The number of benzene rings is 1. The summed E-state index contributed by atoms with van der Waals surface area (Å²) in [7, 11) is 0. The quantitative estimate of drug-likeness (QED) is 0.695. The Kier molecular flexibility index (Phi) is 5.97. The summed E-state index contributed by atoms with van der Waals surface area (Å²) >= 11 is 3.33. The number of halogens is 1. The summed E-state index contributed by atoms with van der Waals surface area (Å²) in [4.78, 5) is 24.0. The van der Waals surface area contributed by atoms with Crippen LogP contribution in [0.2, 0.25) is 0 Å². The van der Waals surface area contributed by atoms with Crippen LogP contribution in [0.3, 0.4) is 0 Å². The van der Waals surface area contributed by atoms with Gasteiger partial charge in [0.1, 0.15) is 0 Å². The molecular formula is C16H22BrN3O2. The minimum Gasteiger partial charge on any atom is -0.353 e. The average molecular weight is 368 g/mol. The molecule has 1 fully saturated rings. The van der Waals surface area contributed by atoms with Crippen molar-refractivity contribution in [1.82, 2.24) is 10.6 Å². The molecule has 0 heterocycles. The van der Waals surface area contributed by atoms with Crippen molar-refractivity contribution in [2.45, 2.75) is 37.6 Å². The molecule has 1 aromatic rings. The monoisotopic (exact) mass is 367 g/mol. The number of hydrogen-bond donors (Lipinski definition) is 3. The highest BCUT2D eigenvalue weighted by Gasteiger charge is 2.34. The van der Waals surface area contributed by atoms with E-state index < -0.39 is 5.54 Å². The fourth-order valence-corrected chi connectivity index (χ4v) is 2.91. The smallest absolute Gasteiger partial charge is 0.251 e. The van der Waals surface area contributed by atoms with Crippen molar-refractivity contribution in [1.29, 1.82) is 0 Å². The lowest BCUT2D eigenvalue weighted by molar-refractivity contribution is -0.127. The van der Waals surface area contributed by atoms with Crippen molar-refractivity contribution in [3.05, 3.63) is 34.3 Å². The van der Waals surface area contributed by atoms with Gasteiger partial charge in [0.05, 0.1) is 5.54 Å². The van der Waals surface area contributed by atoms with E-state index in [0.29, 0.717) is 18.7 Å². The molecule has 0 radical (unpaired) electrons. The molecule has 1 aliphatic carbocycles. The van der Waals surface area contributed by atoms with E-state index in [-0.39, 0.29) is 11.8 Å². The van der Waals surface area contributed by atoms with Crippen LogP contribution in [-0.2, 0) is 4.79 Å². The van der Waals surface area contributed by atoms with Gasteiger partial charge in [-0.05, 0) is 37.1 Å². The van der Waals surface area contributed by atoms with Gasteiger partial charge in [-0.3, -0.25) is 9.59 Å². The summed E-state index contributed by atoms with van der Waals surface area (Å²) in [6.07, 6.45) is 4.64. The highest BCUT2D eigenvalue weighted by atomic mass is 79.9. The maximum absolute atomic E-state index is 12.1. The summed E-state index contributed by atoms with van der Waals surface area (Å²) < 4.78 is 0.928. The summed E-state index contributed by atoms with van der Waals surface area (Å²) in [5.41, 5.74) is 6.01. The molecule has 6 heteroatoms. The van der Waals surface area contributed by atoms with E-state index in [0.717, 1.165) is 36.6 Å². The maximum Gasteiger partial charge on any atom is 0.251 e. The largest absolute Gasteiger partial charge is 0.353 e. The van der Waals surface area contributed by atoms with Crippen molar-refractivity contribution in [3.8, 4) is 0 Å². The topological polar surface area (TPSA) is 84.2 Å². The molecule has 0 saturated heterocycles. The second-order valence-electron chi connectivity index (χ2n) is 5.74. The molecule has 1 aromatic carbocycles. The van der Waals surface area contributed by atoms with Gasteiger partial charge in [0, 0.05) is 23.1 Å². The average Bonchev–Trinajstić information content (AvgIpc) is 2.52. The zero-order valence-electron chi connectivity index (χ0n) is 12.5. The summed E-state index contributed by atoms with van der Waals surface area (Å²) in [5.74, 6) is -0.257. The lowest BCUT2D eigenvalue weighted by Gasteiger charge is -2.31. The highest BCUT2D eigenvalue weighted by molar-refractivity contribution is 9.10. The van der Waals surface area contributed by atoms with E-state index in [1.165, 1.54) is 0 Å². The van der Waals surface area contributed by atoms with Gasteiger partial charge in [0.25, 0.3) is 5.91 Å². The molecule has 0 unspecified atom stereocenters. The van der Waals surface area contributed by atoms with E-state index in [1.54, 1.807) is 12.1 Å². The van der Waals surface area contributed by atoms with Crippen LogP contribution in [0.4, 0.5) is 0 Å². The number of nitrogens with two attached hydrogens (primary N) is 1. The van der Waals surface area contributed by atoms with E-state index in [9.17, 15) is 9.59 Å². The fraction of sp³-hybridized carbons (Fsp3) is 0.500. The van der Waals surface area contributed by atoms with Crippen LogP contribution >= 0.6 is 15.9 Å². The Morgan fingerprint density at radius 3 is 2.27 bits per heavy atom. The number of nitrogens with one attached hydrogen (secondary N) is 2. The molecule has 0 aromatic heterocycles. The molecule has 120 valence electrons. The van der Waals surface area contributed by atoms with Gasteiger partial charge in [0.15, 0.2) is 0 Å². The van der Waals surface area contributed by atoms with E-state index in [1.807, 2.05) is 12.1 Å². The zero-order valence-corrected chi connectivity index (χ0v) is 14.1. The van der Waals surface area contributed by atoms with Crippen molar-refractivity contribution < 1.29 is 9.59 Å². The van der Waals surface area contributed by atoms with Crippen LogP contribution in [0.1, 0.15) is 42.5 Å². The Balaban J connectivity index is 1.71. The molecule has 0 atom stereocenters. The summed E-state index contributed by atoms with van der Waals surface area (Å²) in [6.45, 7) is 0.775. The van der Waals surface area contributed by atoms with Crippen LogP contribution in [0.15, 0.2) is 28.7 Å². The lowest BCUT2D eigenvalue weighted by Crippen LogP contribution is -2.55. The van der Waals surface area contributed by atoms with E-state index in [2.05, 4.69) is 26.6 Å². The number of carbonyl (C=O) groups excluding carboxylic acids is 2. The Hall–Kier alpha value is -1.40. The van der Waals surface area contributed by atoms with Crippen molar-refractivity contribution >= 4 is 27.7 Å². The molecule has 5 nitrogen and oxygen atoms in total. The van der Waals surface area contributed by atoms with Gasteiger partial charge in [-0.25, -0.2) is 0 Å². The van der Waals surface area contributed by atoms with Gasteiger partial charge in [-0.15, -0.1) is 0 Å². The van der Waals surface area contributed by atoms with Gasteiger partial charge >= 0.3 is 0 Å². The standard InChI is InChI=1S/C16H22BrN3O2/c17-13-6-4-12(5-7-13)14(21)19-10-11-20-15(22)16(18)8-2-1-3-9-16/h4-7H,1-3,8-11,18H2,(H,19,21)(H,20,22). The van der Waals surface area contributed by atoms with Gasteiger partial charge in [0.2, 0.25) is 5.91 Å². The lowest BCUT2D eigenvalue weighted by atomic mass is 9.82. The third kappa shape index (κ3) is 4.55. The first kappa shape index (κ1) is 17.0. The van der Waals surface area contributed by atoms with Crippen molar-refractivity contribution in [2.75, 3.05) is 13.1 Å². The van der Waals surface area contributed by atoms with E-state index >= 15 is 0 Å². The predicted molar refractivity (Wildman–Crippen MR) is 89.5 cm³/mol. The van der Waals surface area contributed by atoms with Crippen LogP contribution < -0.4 is 16.4 Å². The Bertz CT molecular complexity index is 525. The van der Waals surface area contributed by atoms with Crippen LogP contribution in [0, 0.1) is 0 Å². The first-order chi connectivity index (χ1) is 10.5. The third-order valence-corrected chi connectivity index (χ3v) is 4.53. The summed E-state index contributed by atoms with van der Waals surface area (Å²) in [5, 5.41) is 5.60. The van der Waals surface area contributed by atoms with E-state index in [4.69, 9.17) is 5.73 Å². The van der Waals surface area contributed by atoms with Crippen LogP contribution in [-0.4, -0.2) is 30.4 Å². The fourth-order valence-electron chi connectivity index (χ4n) is 2.64. The molecule has 22 heavy (non-hydrogen) atoms. The van der Waals surface area contributed by atoms with Crippen molar-refractivity contribution in [2.24, 2.45) is 5.73 Å². The molecule has 0 bridgehead atoms. The molecule has 1 aliphatic rings. The third-order valence-electron chi connectivity index (χ3n) is 4.00. The number of hydrogen-bond acceptors (Lipinski definition) is 3. The predicted octanol–water partition coefficient (Wildman–Crippen LogP) is 1.96. The summed E-state index contributed by atoms with van der Waals surface area (Å²) in [6, 6.07) is 7.12. The molecule has 0 aliphatic heterocycles. The zero-order chi connectivity index (χ0) is 16.0. The minimum atomic E-state index is -0.728. The molecule has 2 rings (SSSR count). The first-order valence-electron chi connectivity index (χ1n) is 7.62. The second-order valence-corrected chi connectivity index (χ2v) is 6.65. The van der Waals surface area contributed by atoms with Gasteiger partial charge < -0.3 is 16.4 Å². The first-order valence-corrected chi connectivity index (χ1v) is 8.41. The van der Waals surface area contributed by atoms with Crippen molar-refractivity contribution in [3.63, 3.8) is 0 Å². The highest BCUT2D eigenvalue weighted by Crippen LogP contribution is 2.25. The number of carbonyl (C=O) groups is 2. The number of amides is 2. The molecule has 4 N–H and O–H groups in total. The maximum atomic E-state index is 12.1. The SMILES string of the molecule is NC1(C(=O)NCCNC(=O)c2ccc(Br)cc2)CCCCC1. The Morgan fingerprint density at radius 1 is 1.05 bits per heavy atom. The molecule has 1 saturated carbocycles. The van der Waals surface area contributed by atoms with Gasteiger partial charge in [-0.2, -0.15) is 0 Å². The normalized spacial score (nSPS) is 16.8. The van der Waals surface area contributed by atoms with Crippen LogP contribution in [0.25, 0.3) is 0 Å². The second kappa shape index (κ2) is 7.74. The Morgan fingerprint density at radius 2 is 1.64 bits per heavy atom. The Labute approximate surface area is 139 Å². The van der Waals surface area contributed by atoms with Crippen LogP contribution in [0.5, 0.6) is 0 Å². The number of rotatable bonds is 5. The molecular weight excluding hydrogens is 346 g/mol.